The summed E-state index contributed by atoms with van der Waals surface area (Å²) in [7, 11) is 1.52. The van der Waals surface area contributed by atoms with Crippen LogP contribution in [0.1, 0.15) is 72.3 Å². The van der Waals surface area contributed by atoms with Crippen LogP contribution >= 0.6 is 11.8 Å². The predicted octanol–water partition coefficient (Wildman–Crippen LogP) is 11.0. The molecule has 0 radical (unpaired) electrons. The van der Waals surface area contributed by atoms with E-state index in [1.54, 1.807) is 48.2 Å². The summed E-state index contributed by atoms with van der Waals surface area (Å²) in [6.07, 6.45) is 9.80. The van der Waals surface area contributed by atoms with E-state index < -0.39 is 16.6 Å². The first kappa shape index (κ1) is 45.6. The smallest absolute Gasteiger partial charge is 0.269 e. The van der Waals surface area contributed by atoms with Gasteiger partial charge in [0.05, 0.1) is 41.1 Å². The number of fused-ring (bicyclic) bond motifs is 3. The monoisotopic (exact) mass is 898 g/mol. The van der Waals surface area contributed by atoms with Crippen molar-refractivity contribution >= 4 is 40.2 Å². The Morgan fingerprint density at radius 2 is 1.68 bits per heavy atom. The van der Waals surface area contributed by atoms with Crippen molar-refractivity contribution in [1.29, 1.82) is 0 Å². The lowest BCUT2D eigenvalue weighted by Crippen LogP contribution is -2.64. The van der Waals surface area contributed by atoms with Gasteiger partial charge in [0.2, 0.25) is 5.79 Å². The fraction of sp³-hybridized carbons (Fsp3) is 0.346. The zero-order chi connectivity index (χ0) is 45.3. The van der Waals surface area contributed by atoms with E-state index in [1.807, 2.05) is 30.3 Å². The molecule has 8 rings (SSSR count). The van der Waals surface area contributed by atoms with Gasteiger partial charge in [-0.3, -0.25) is 14.9 Å². The van der Waals surface area contributed by atoms with E-state index in [0.717, 1.165) is 70.0 Å². The maximum atomic E-state index is 12.0. The van der Waals surface area contributed by atoms with E-state index in [2.05, 4.69) is 43.0 Å². The van der Waals surface area contributed by atoms with Crippen molar-refractivity contribution in [3.05, 3.63) is 154 Å². The van der Waals surface area contributed by atoms with Crippen molar-refractivity contribution in [3.8, 4) is 23.0 Å². The summed E-state index contributed by atoms with van der Waals surface area (Å²) in [4.78, 5) is 30.1. The van der Waals surface area contributed by atoms with Gasteiger partial charge in [0.15, 0.2) is 6.29 Å². The molecular formula is C52H54N2O10S. The van der Waals surface area contributed by atoms with Gasteiger partial charge in [-0.25, -0.2) is 0 Å². The number of allylic oxidation sites excluding steroid dienone is 1. The van der Waals surface area contributed by atoms with Crippen molar-refractivity contribution in [2.45, 2.75) is 73.4 Å². The van der Waals surface area contributed by atoms with Gasteiger partial charge in [-0.2, -0.15) is 0 Å². The number of hydrogen-bond donors (Lipinski definition) is 2. The summed E-state index contributed by atoms with van der Waals surface area (Å²) >= 11 is 1.68. The van der Waals surface area contributed by atoms with Crippen LogP contribution in [0.4, 0.5) is 5.69 Å². The van der Waals surface area contributed by atoms with Gasteiger partial charge < -0.3 is 34.0 Å². The molecule has 1 saturated carbocycles. The quantitative estimate of drug-likeness (QED) is 0.0237. The normalized spacial score (nSPS) is 22.5. The van der Waals surface area contributed by atoms with Crippen LogP contribution in [0.5, 0.6) is 23.0 Å². The molecular weight excluding hydrogens is 845 g/mol. The third-order valence-electron chi connectivity index (χ3n) is 12.7. The highest BCUT2D eigenvalue weighted by Gasteiger charge is 2.64. The molecule has 1 heterocycles. The minimum atomic E-state index is -1.21. The Morgan fingerprint density at radius 1 is 0.923 bits per heavy atom. The average molecular weight is 899 g/mol. The first-order chi connectivity index (χ1) is 31.8. The second-order valence-electron chi connectivity index (χ2n) is 16.7. The number of methoxy groups -OCH3 is 1. The molecule has 1 fully saturated rings. The predicted molar refractivity (Wildman–Crippen MR) is 251 cm³/mol. The third kappa shape index (κ3) is 9.84. The molecule has 5 aromatic carbocycles. The molecule has 0 saturated heterocycles. The zero-order valence-electron chi connectivity index (χ0n) is 36.4. The lowest BCUT2D eigenvalue weighted by Gasteiger charge is -2.58. The Hall–Kier alpha value is -5.99. The molecule has 65 heavy (non-hydrogen) atoms. The van der Waals surface area contributed by atoms with Crippen LogP contribution < -0.4 is 14.2 Å². The number of carbonyl (C=O) groups is 1. The first-order valence-electron chi connectivity index (χ1n) is 22.2. The van der Waals surface area contributed by atoms with Gasteiger partial charge in [0.1, 0.15) is 29.6 Å². The molecule has 5 aromatic rings. The number of rotatable bonds is 21. The third-order valence-corrected chi connectivity index (χ3v) is 14.0. The topological polar surface area (TPSA) is 159 Å². The fourth-order valence-electron chi connectivity index (χ4n) is 9.80. The Bertz CT molecular complexity index is 2560. The summed E-state index contributed by atoms with van der Waals surface area (Å²) in [5.41, 5.74) is 3.78. The molecule has 3 aliphatic rings. The Labute approximate surface area is 383 Å². The molecule has 13 heteroatoms. The van der Waals surface area contributed by atoms with Crippen molar-refractivity contribution < 1.29 is 43.7 Å². The minimum Gasteiger partial charge on any atom is -0.496 e. The van der Waals surface area contributed by atoms with Crippen molar-refractivity contribution in [2.75, 3.05) is 26.9 Å². The Kier molecular flexibility index (Phi) is 14.6. The molecule has 12 nitrogen and oxygen atoms in total. The van der Waals surface area contributed by atoms with Crippen LogP contribution in [0, 0.1) is 27.9 Å². The Balaban J connectivity index is 1.29. The molecule has 6 atom stereocenters. The van der Waals surface area contributed by atoms with Gasteiger partial charge in [-0.05, 0) is 120 Å². The number of nitro benzene ring substituents is 1. The number of non-ortho nitro benzene ring substituents is 1. The number of aldehydes is 1. The lowest BCUT2D eigenvalue weighted by molar-refractivity contribution is -0.384. The number of carbonyl (C=O) groups excluding carboxylic acids is 1. The molecule has 338 valence electrons. The number of benzene rings is 5. The molecule has 2 aliphatic carbocycles. The van der Waals surface area contributed by atoms with E-state index in [0.29, 0.717) is 47.8 Å². The first-order valence-corrected chi connectivity index (χ1v) is 23.1. The molecule has 0 amide bonds. The summed E-state index contributed by atoms with van der Waals surface area (Å²) in [6, 6.07) is 32.0. The van der Waals surface area contributed by atoms with Crippen LogP contribution in [0.2, 0.25) is 0 Å². The van der Waals surface area contributed by atoms with Gasteiger partial charge in [0, 0.05) is 48.1 Å². The Morgan fingerprint density at radius 3 is 2.42 bits per heavy atom. The standard InChI is InChI=1S/C52H54N2O10S/c1-3-26-61-52-49(65-42-21-16-35-10-4-5-11-36(35)28-42)31-46(53-62-33-34-14-17-39(18-15-34)54(58)59)44-29-37(12-6-8-24-55)43(13-7-9-25-56)50(51(44)52)45-30-41(20-23-48(45)64-52)63-40-19-22-47(60-2)38(27-40)32-57/h3-5,10-11,14-23,27-30,32,37,43,49-51,55-56H,1,6-9,12-13,24-26,31,33H2,2H3/t37-,43+,49-,50+,51+,52+/m0/s1. The minimum absolute atomic E-state index is 0.00296. The summed E-state index contributed by atoms with van der Waals surface area (Å²) in [5, 5.41) is 38.1. The molecule has 0 bridgehead atoms. The number of hydrogen-bond acceptors (Lipinski definition) is 12. The van der Waals surface area contributed by atoms with Crippen LogP contribution in [0.15, 0.2) is 137 Å². The summed E-state index contributed by atoms with van der Waals surface area (Å²) in [5.74, 6) is 0.487. The number of thioether (sulfide) groups is 1. The van der Waals surface area contributed by atoms with E-state index in [4.69, 9.17) is 28.9 Å². The second-order valence-corrected chi connectivity index (χ2v) is 18.0. The van der Waals surface area contributed by atoms with E-state index in [1.165, 1.54) is 19.2 Å². The number of ether oxygens (including phenoxy) is 4. The largest absolute Gasteiger partial charge is 0.496 e. The highest BCUT2D eigenvalue weighted by molar-refractivity contribution is 8.00. The van der Waals surface area contributed by atoms with Gasteiger partial charge in [0.25, 0.3) is 5.69 Å². The van der Waals surface area contributed by atoms with Crippen molar-refractivity contribution in [2.24, 2.45) is 22.9 Å². The van der Waals surface area contributed by atoms with Gasteiger partial charge >= 0.3 is 0 Å². The average Bonchev–Trinajstić information content (AvgIpc) is 3.32. The van der Waals surface area contributed by atoms with E-state index in [-0.39, 0.29) is 55.1 Å². The van der Waals surface area contributed by atoms with Crippen molar-refractivity contribution in [1.82, 2.24) is 0 Å². The van der Waals surface area contributed by atoms with Crippen LogP contribution in [-0.4, -0.2) is 65.1 Å². The number of nitro groups is 1. The maximum absolute atomic E-state index is 12.0. The number of aliphatic hydroxyl groups excluding tert-OH is 2. The highest BCUT2D eigenvalue weighted by Crippen LogP contribution is 2.63. The van der Waals surface area contributed by atoms with Crippen LogP contribution in [-0.2, 0) is 16.2 Å². The molecule has 2 N–H and O–H groups in total. The SMILES string of the molecule is C=CCO[C@@]12Oc3ccc(Oc4ccc(OC)c(C=O)c4)cc3[C@H]3[C@H](CCCCO)[C@@H](CCCCO)C=C(C(=NOCc4ccc([N+](=O)[O-])cc4)C[C@@H]1Sc1ccc4ccccc4c1)[C@H]32. The summed E-state index contributed by atoms with van der Waals surface area (Å²) < 4.78 is 26.4. The zero-order valence-corrected chi connectivity index (χ0v) is 37.2. The molecule has 0 aromatic heterocycles. The molecule has 1 aliphatic heterocycles. The van der Waals surface area contributed by atoms with Gasteiger partial charge in [-0.15, -0.1) is 18.3 Å². The second kappa shape index (κ2) is 20.9. The highest BCUT2D eigenvalue weighted by atomic mass is 32.2. The molecule has 0 unspecified atom stereocenters. The number of unbranched alkanes of at least 4 members (excludes halogenated alkanes) is 2. The lowest BCUT2D eigenvalue weighted by atomic mass is 9.56. The van der Waals surface area contributed by atoms with Crippen LogP contribution in [0.3, 0.4) is 0 Å². The fourth-order valence-corrected chi connectivity index (χ4v) is 11.1. The van der Waals surface area contributed by atoms with Gasteiger partial charge in [-0.1, -0.05) is 60.5 Å². The van der Waals surface area contributed by atoms with E-state index in [9.17, 15) is 25.1 Å². The van der Waals surface area contributed by atoms with Crippen molar-refractivity contribution in [3.63, 3.8) is 0 Å². The van der Waals surface area contributed by atoms with E-state index >= 15 is 0 Å². The number of nitrogens with zero attached hydrogens (tertiary/aromatic N) is 2. The summed E-state index contributed by atoms with van der Waals surface area (Å²) in [6.45, 7) is 4.55. The maximum Gasteiger partial charge on any atom is 0.269 e. The number of aliphatic hydroxyl groups is 2. The van der Waals surface area contributed by atoms with Crippen LogP contribution in [0.25, 0.3) is 10.8 Å². The molecule has 0 spiro atoms. The number of oxime groups is 1.